The average molecular weight is 363 g/mol. The second-order valence-corrected chi connectivity index (χ2v) is 6.32. The van der Waals surface area contributed by atoms with Crippen LogP contribution in [0, 0.1) is 0 Å². The molecule has 1 aromatic heterocycles. The predicted octanol–water partition coefficient (Wildman–Crippen LogP) is 4.81. The van der Waals surface area contributed by atoms with Gasteiger partial charge in [-0.3, -0.25) is 9.78 Å². The van der Waals surface area contributed by atoms with Gasteiger partial charge in [-0.05, 0) is 54.1 Å². The van der Waals surface area contributed by atoms with Crippen LogP contribution in [0.15, 0.2) is 66.9 Å². The van der Waals surface area contributed by atoms with Crippen molar-refractivity contribution < 1.29 is 9.53 Å². The van der Waals surface area contributed by atoms with E-state index in [-0.39, 0.29) is 5.91 Å². The van der Waals surface area contributed by atoms with E-state index in [0.29, 0.717) is 17.2 Å². The number of amides is 1. The number of halogens is 1. The number of aromatic nitrogens is 1. The lowest BCUT2D eigenvalue weighted by molar-refractivity contribution is -0.110. The molecule has 1 aliphatic rings. The standard InChI is InChI=1S/C21H15ClN2O2/c22-15-6-9-20-18(12-15)19(21(25)24-20)11-14-4-7-17(8-5-14)26-13-16-3-1-2-10-23-16/h1-12H,13H2,(H,24,25)/b19-11-. The van der Waals surface area contributed by atoms with Crippen molar-refractivity contribution in [3.8, 4) is 5.75 Å². The summed E-state index contributed by atoms with van der Waals surface area (Å²) in [6.45, 7) is 0.412. The highest BCUT2D eigenvalue weighted by Crippen LogP contribution is 2.35. The Labute approximate surface area is 156 Å². The van der Waals surface area contributed by atoms with Crippen LogP contribution in [0.5, 0.6) is 5.75 Å². The number of hydrogen-bond donors (Lipinski definition) is 1. The lowest BCUT2D eigenvalue weighted by Gasteiger charge is -2.06. The summed E-state index contributed by atoms with van der Waals surface area (Å²) >= 11 is 6.06. The number of hydrogen-bond acceptors (Lipinski definition) is 3. The molecule has 4 nitrogen and oxygen atoms in total. The maximum Gasteiger partial charge on any atom is 0.256 e. The molecule has 3 aromatic rings. The first-order valence-electron chi connectivity index (χ1n) is 8.15. The van der Waals surface area contributed by atoms with E-state index in [1.165, 1.54) is 0 Å². The maximum absolute atomic E-state index is 12.2. The van der Waals surface area contributed by atoms with Gasteiger partial charge < -0.3 is 10.1 Å². The van der Waals surface area contributed by atoms with Crippen LogP contribution in [0.25, 0.3) is 11.6 Å². The Kier molecular flexibility index (Phi) is 4.42. The quantitative estimate of drug-likeness (QED) is 0.678. The van der Waals surface area contributed by atoms with Gasteiger partial charge in [0.2, 0.25) is 0 Å². The van der Waals surface area contributed by atoms with Crippen molar-refractivity contribution in [1.82, 2.24) is 4.98 Å². The van der Waals surface area contributed by atoms with Gasteiger partial charge in [-0.1, -0.05) is 29.8 Å². The third-order valence-electron chi connectivity index (χ3n) is 4.07. The summed E-state index contributed by atoms with van der Waals surface area (Å²) in [5, 5.41) is 3.45. The lowest BCUT2D eigenvalue weighted by atomic mass is 10.0. The summed E-state index contributed by atoms with van der Waals surface area (Å²) < 4.78 is 5.73. The number of pyridine rings is 1. The fourth-order valence-electron chi connectivity index (χ4n) is 2.77. The molecule has 0 spiro atoms. The molecule has 0 saturated carbocycles. The van der Waals surface area contributed by atoms with E-state index < -0.39 is 0 Å². The number of anilines is 1. The molecular formula is C21H15ClN2O2. The number of benzene rings is 2. The summed E-state index contributed by atoms with van der Waals surface area (Å²) in [5.41, 5.74) is 3.98. The maximum atomic E-state index is 12.2. The molecule has 0 unspecified atom stereocenters. The highest BCUT2D eigenvalue weighted by Gasteiger charge is 2.24. The minimum absolute atomic E-state index is 0.127. The van der Waals surface area contributed by atoms with Crippen LogP contribution < -0.4 is 10.1 Å². The Morgan fingerprint density at radius 3 is 2.69 bits per heavy atom. The highest BCUT2D eigenvalue weighted by atomic mass is 35.5. The van der Waals surface area contributed by atoms with E-state index in [1.54, 1.807) is 18.3 Å². The van der Waals surface area contributed by atoms with E-state index >= 15 is 0 Å². The molecule has 0 fully saturated rings. The van der Waals surface area contributed by atoms with Gasteiger partial charge in [-0.25, -0.2) is 0 Å². The number of rotatable bonds is 4. The number of carbonyl (C=O) groups excluding carboxylic acids is 1. The number of ether oxygens (including phenoxy) is 1. The molecule has 26 heavy (non-hydrogen) atoms. The van der Waals surface area contributed by atoms with Gasteiger partial charge >= 0.3 is 0 Å². The van der Waals surface area contributed by atoms with Crippen molar-refractivity contribution in [2.45, 2.75) is 6.61 Å². The summed E-state index contributed by atoms with van der Waals surface area (Å²) in [7, 11) is 0. The zero-order valence-corrected chi connectivity index (χ0v) is 14.5. The van der Waals surface area contributed by atoms with Gasteiger partial charge in [-0.15, -0.1) is 0 Å². The first-order chi connectivity index (χ1) is 12.7. The third kappa shape index (κ3) is 3.46. The molecule has 1 N–H and O–H groups in total. The van der Waals surface area contributed by atoms with Gasteiger partial charge in [0.25, 0.3) is 5.91 Å². The number of nitrogens with zero attached hydrogens (tertiary/aromatic N) is 1. The van der Waals surface area contributed by atoms with E-state index in [1.807, 2.05) is 54.6 Å². The second-order valence-electron chi connectivity index (χ2n) is 5.88. The predicted molar refractivity (Wildman–Crippen MR) is 103 cm³/mol. The van der Waals surface area contributed by atoms with Crippen molar-refractivity contribution in [3.63, 3.8) is 0 Å². The molecule has 5 heteroatoms. The van der Waals surface area contributed by atoms with Crippen LogP contribution in [0.2, 0.25) is 5.02 Å². The number of nitrogens with one attached hydrogen (secondary N) is 1. The lowest BCUT2D eigenvalue weighted by Crippen LogP contribution is -2.03. The van der Waals surface area contributed by atoms with Crippen molar-refractivity contribution >= 4 is 34.8 Å². The van der Waals surface area contributed by atoms with Crippen LogP contribution in [0.3, 0.4) is 0 Å². The summed E-state index contributed by atoms with van der Waals surface area (Å²) in [5.74, 6) is 0.620. The molecule has 2 heterocycles. The molecule has 0 radical (unpaired) electrons. The summed E-state index contributed by atoms with van der Waals surface area (Å²) in [4.78, 5) is 16.4. The zero-order valence-electron chi connectivity index (χ0n) is 13.8. The Morgan fingerprint density at radius 2 is 1.92 bits per heavy atom. The third-order valence-corrected chi connectivity index (χ3v) is 4.30. The summed E-state index contributed by atoms with van der Waals surface area (Å²) in [6, 6.07) is 18.7. The Hall–Kier alpha value is -3.11. The zero-order chi connectivity index (χ0) is 17.9. The van der Waals surface area contributed by atoms with Gasteiger partial charge in [0.15, 0.2) is 0 Å². The molecule has 0 atom stereocenters. The van der Waals surface area contributed by atoms with E-state index in [9.17, 15) is 4.79 Å². The Morgan fingerprint density at radius 1 is 1.08 bits per heavy atom. The Balaban J connectivity index is 1.52. The topological polar surface area (TPSA) is 51.2 Å². The van der Waals surface area contributed by atoms with E-state index in [4.69, 9.17) is 16.3 Å². The molecule has 4 rings (SSSR count). The monoisotopic (exact) mass is 362 g/mol. The van der Waals surface area contributed by atoms with Crippen LogP contribution >= 0.6 is 11.6 Å². The first kappa shape index (κ1) is 16.4. The van der Waals surface area contributed by atoms with Crippen LogP contribution in [-0.4, -0.2) is 10.9 Å². The molecule has 128 valence electrons. The van der Waals surface area contributed by atoms with Crippen molar-refractivity contribution in [2.24, 2.45) is 0 Å². The minimum atomic E-state index is -0.127. The fourth-order valence-corrected chi connectivity index (χ4v) is 2.94. The molecule has 0 aliphatic carbocycles. The van der Waals surface area contributed by atoms with Crippen molar-refractivity contribution in [3.05, 3.63) is 88.7 Å². The highest BCUT2D eigenvalue weighted by molar-refractivity contribution is 6.36. The normalized spacial score (nSPS) is 14.2. The second kappa shape index (κ2) is 7.02. The summed E-state index contributed by atoms with van der Waals surface area (Å²) in [6.07, 6.45) is 3.59. The fraction of sp³-hybridized carbons (Fsp3) is 0.0476. The molecule has 1 amide bonds. The average Bonchev–Trinajstić information content (AvgIpc) is 2.97. The van der Waals surface area contributed by atoms with Crippen LogP contribution in [-0.2, 0) is 11.4 Å². The molecule has 0 saturated heterocycles. The van der Waals surface area contributed by atoms with Gasteiger partial charge in [0, 0.05) is 28.0 Å². The molecular weight excluding hydrogens is 348 g/mol. The number of carbonyl (C=O) groups is 1. The SMILES string of the molecule is O=C1Nc2ccc(Cl)cc2/C1=C/c1ccc(OCc2ccccn2)cc1. The van der Waals surface area contributed by atoms with Gasteiger partial charge in [0.05, 0.1) is 5.69 Å². The first-order valence-corrected chi connectivity index (χ1v) is 8.52. The van der Waals surface area contributed by atoms with Gasteiger partial charge in [-0.2, -0.15) is 0 Å². The van der Waals surface area contributed by atoms with Crippen molar-refractivity contribution in [2.75, 3.05) is 5.32 Å². The van der Waals surface area contributed by atoms with E-state index in [2.05, 4.69) is 10.3 Å². The number of fused-ring (bicyclic) bond motifs is 1. The van der Waals surface area contributed by atoms with Crippen LogP contribution in [0.1, 0.15) is 16.8 Å². The van der Waals surface area contributed by atoms with Gasteiger partial charge in [0.1, 0.15) is 12.4 Å². The smallest absolute Gasteiger partial charge is 0.256 e. The van der Waals surface area contributed by atoms with Crippen LogP contribution in [0.4, 0.5) is 5.69 Å². The minimum Gasteiger partial charge on any atom is -0.487 e. The van der Waals surface area contributed by atoms with E-state index in [0.717, 1.165) is 28.3 Å². The Bertz CT molecular complexity index is 983. The molecule has 1 aliphatic heterocycles. The largest absolute Gasteiger partial charge is 0.487 e. The molecule has 0 bridgehead atoms. The molecule has 2 aromatic carbocycles. The van der Waals surface area contributed by atoms with Crippen molar-refractivity contribution in [1.29, 1.82) is 0 Å².